The Morgan fingerprint density at radius 2 is 1.97 bits per heavy atom. The largest absolute Gasteiger partial charge is 0.481 e. The van der Waals surface area contributed by atoms with Crippen molar-refractivity contribution in [2.24, 2.45) is 11.8 Å². The van der Waals surface area contributed by atoms with Gasteiger partial charge in [-0.05, 0) is 73.4 Å². The van der Waals surface area contributed by atoms with Gasteiger partial charge in [-0.3, -0.25) is 9.59 Å². The number of halogens is 2. The Kier molecular flexibility index (Phi) is 6.30. The highest BCUT2D eigenvalue weighted by Crippen LogP contribution is 2.34. The maximum atomic E-state index is 14.1. The van der Waals surface area contributed by atoms with Crippen molar-refractivity contribution in [1.82, 2.24) is 14.5 Å². The number of rotatable bonds is 5. The second kappa shape index (κ2) is 9.37. The van der Waals surface area contributed by atoms with E-state index in [1.54, 1.807) is 12.3 Å². The van der Waals surface area contributed by atoms with Gasteiger partial charge in [0.2, 0.25) is 5.91 Å². The molecular weight excluding hydrogens is 457 g/mol. The van der Waals surface area contributed by atoms with Crippen LogP contribution < -0.4 is 0 Å². The first kappa shape index (κ1) is 22.8. The highest BCUT2D eigenvalue weighted by Gasteiger charge is 2.31. The summed E-state index contributed by atoms with van der Waals surface area (Å²) in [6, 6.07) is 8.79. The van der Waals surface area contributed by atoms with Crippen molar-refractivity contribution in [3.63, 3.8) is 0 Å². The Hall–Kier alpha value is -2.93. The van der Waals surface area contributed by atoms with Gasteiger partial charge in [0.05, 0.1) is 17.5 Å². The molecule has 1 aliphatic carbocycles. The quantitative estimate of drug-likeness (QED) is 0.551. The van der Waals surface area contributed by atoms with Crippen LogP contribution in [-0.4, -0.2) is 38.0 Å². The summed E-state index contributed by atoms with van der Waals surface area (Å²) in [5, 5.41) is 10.4. The molecule has 3 aromatic rings. The molecule has 0 radical (unpaired) electrons. The summed E-state index contributed by atoms with van der Waals surface area (Å²) in [5.41, 5.74) is 3.86. The third-order valence-corrected chi connectivity index (χ3v) is 7.66. The first-order valence-corrected chi connectivity index (χ1v) is 12.2. The lowest BCUT2D eigenvalue weighted by atomic mass is 9.80. The number of carbonyl (C=O) groups excluding carboxylic acids is 1. The summed E-state index contributed by atoms with van der Waals surface area (Å²) in [4.78, 5) is 30.9. The number of carboxylic acid groups (broad SMARTS) is 1. The number of hydrogen-bond donors (Lipinski definition) is 1. The van der Waals surface area contributed by atoms with Crippen LogP contribution in [0.3, 0.4) is 0 Å². The van der Waals surface area contributed by atoms with E-state index >= 15 is 0 Å². The van der Waals surface area contributed by atoms with E-state index in [4.69, 9.17) is 11.6 Å². The summed E-state index contributed by atoms with van der Waals surface area (Å²) in [5.74, 6) is -1.09. The van der Waals surface area contributed by atoms with Crippen LogP contribution in [0.15, 0.2) is 36.5 Å². The third kappa shape index (κ3) is 4.41. The Bertz CT molecular complexity index is 1250. The van der Waals surface area contributed by atoms with Crippen molar-refractivity contribution < 1.29 is 19.1 Å². The first-order chi connectivity index (χ1) is 16.4. The van der Waals surface area contributed by atoms with Gasteiger partial charge in [-0.25, -0.2) is 9.37 Å². The number of hydrogen-bond acceptors (Lipinski definition) is 3. The summed E-state index contributed by atoms with van der Waals surface area (Å²) >= 11 is 5.86. The van der Waals surface area contributed by atoms with Gasteiger partial charge in [0.15, 0.2) is 0 Å². The van der Waals surface area contributed by atoms with Gasteiger partial charge in [0, 0.05) is 36.8 Å². The number of carbonyl (C=O) groups is 2. The van der Waals surface area contributed by atoms with E-state index < -0.39 is 11.8 Å². The number of nitrogens with zero attached hydrogens (tertiary/aromatic N) is 3. The highest BCUT2D eigenvalue weighted by molar-refractivity contribution is 6.30. The normalized spacial score (nSPS) is 20.4. The van der Waals surface area contributed by atoms with Crippen LogP contribution in [0.5, 0.6) is 0 Å². The number of benzene rings is 1. The minimum Gasteiger partial charge on any atom is -0.481 e. The maximum Gasteiger partial charge on any atom is 0.306 e. The average Bonchev–Trinajstić information content (AvgIpc) is 3.15. The fraction of sp³-hybridized carbons (Fsp3) is 0.423. The van der Waals surface area contributed by atoms with Crippen LogP contribution in [-0.2, 0) is 29.1 Å². The molecule has 34 heavy (non-hydrogen) atoms. The fourth-order valence-corrected chi connectivity index (χ4v) is 5.57. The Labute approximate surface area is 202 Å². The fourth-order valence-electron chi connectivity index (χ4n) is 5.45. The maximum absolute atomic E-state index is 14.1. The predicted octanol–water partition coefficient (Wildman–Crippen LogP) is 5.04. The molecule has 0 spiro atoms. The zero-order chi connectivity index (χ0) is 23.8. The molecule has 0 saturated heterocycles. The Morgan fingerprint density at radius 3 is 2.71 bits per heavy atom. The number of carboxylic acids is 1. The molecule has 2 aliphatic rings. The second-order valence-corrected chi connectivity index (χ2v) is 9.87. The van der Waals surface area contributed by atoms with Crippen LogP contribution in [0, 0.1) is 17.7 Å². The Morgan fingerprint density at radius 1 is 1.18 bits per heavy atom. The van der Waals surface area contributed by atoms with Gasteiger partial charge in [0.1, 0.15) is 11.5 Å². The molecule has 1 saturated carbocycles. The van der Waals surface area contributed by atoms with Crippen molar-refractivity contribution in [1.29, 1.82) is 0 Å². The number of fused-ring (bicyclic) bond motifs is 3. The molecule has 178 valence electrons. The molecule has 5 rings (SSSR count). The average molecular weight is 484 g/mol. The first-order valence-electron chi connectivity index (χ1n) is 11.8. The second-order valence-electron chi connectivity index (χ2n) is 9.46. The smallest absolute Gasteiger partial charge is 0.306 e. The lowest BCUT2D eigenvalue weighted by molar-refractivity contribution is -0.143. The SMILES string of the molecule is O=C(O)C1CCC(CC(=O)N2CCc3c(n(Cc4ccc(Cl)c(F)c4)c4ncccc34)C2)CC1. The van der Waals surface area contributed by atoms with E-state index in [-0.39, 0.29) is 22.8 Å². The number of aliphatic carboxylic acids is 1. The molecule has 1 aromatic carbocycles. The van der Waals surface area contributed by atoms with Gasteiger partial charge in [-0.2, -0.15) is 0 Å². The van der Waals surface area contributed by atoms with E-state index in [9.17, 15) is 19.1 Å². The van der Waals surface area contributed by atoms with Crippen molar-refractivity contribution >= 4 is 34.5 Å². The number of pyridine rings is 1. The molecule has 2 aromatic heterocycles. The predicted molar refractivity (Wildman–Crippen MR) is 127 cm³/mol. The van der Waals surface area contributed by atoms with Crippen molar-refractivity contribution in [3.8, 4) is 0 Å². The zero-order valence-electron chi connectivity index (χ0n) is 18.8. The van der Waals surface area contributed by atoms with E-state index in [0.29, 0.717) is 38.9 Å². The Balaban J connectivity index is 1.36. The molecule has 0 unspecified atom stereocenters. The minimum atomic E-state index is -0.727. The molecule has 1 aliphatic heterocycles. The zero-order valence-corrected chi connectivity index (χ0v) is 19.6. The van der Waals surface area contributed by atoms with E-state index in [0.717, 1.165) is 41.6 Å². The molecule has 0 atom stereocenters. The molecule has 8 heteroatoms. The molecular formula is C26H27ClFN3O3. The van der Waals surface area contributed by atoms with Crippen molar-refractivity contribution in [2.45, 2.75) is 51.6 Å². The summed E-state index contributed by atoms with van der Waals surface area (Å²) in [7, 11) is 0. The van der Waals surface area contributed by atoms with Crippen LogP contribution in [0.2, 0.25) is 5.02 Å². The monoisotopic (exact) mass is 483 g/mol. The van der Waals surface area contributed by atoms with Crippen LogP contribution in [0.4, 0.5) is 4.39 Å². The van der Waals surface area contributed by atoms with E-state index in [1.165, 1.54) is 11.6 Å². The molecule has 0 bridgehead atoms. The van der Waals surface area contributed by atoms with E-state index in [1.807, 2.05) is 17.0 Å². The third-order valence-electron chi connectivity index (χ3n) is 7.35. The summed E-state index contributed by atoms with van der Waals surface area (Å²) in [6.45, 7) is 1.59. The lowest BCUT2D eigenvalue weighted by Gasteiger charge is -2.31. The van der Waals surface area contributed by atoms with Crippen molar-refractivity contribution in [3.05, 3.63) is 64.2 Å². The number of amides is 1. The molecule has 6 nitrogen and oxygen atoms in total. The van der Waals surface area contributed by atoms with Gasteiger partial charge in [-0.1, -0.05) is 17.7 Å². The van der Waals surface area contributed by atoms with Gasteiger partial charge >= 0.3 is 5.97 Å². The standard InChI is InChI=1S/C26H27ClFN3O3/c27-21-8-5-17(12-22(21)28)14-31-23-15-30(11-9-19(23)20-2-1-10-29-25(20)31)24(32)13-16-3-6-18(7-4-16)26(33)34/h1-2,5,8,10,12,16,18H,3-4,6-7,9,11,13-15H2,(H,33,34). The van der Waals surface area contributed by atoms with Gasteiger partial charge in [-0.15, -0.1) is 0 Å². The minimum absolute atomic E-state index is 0.0930. The molecule has 3 heterocycles. The molecule has 1 N–H and O–H groups in total. The summed E-state index contributed by atoms with van der Waals surface area (Å²) < 4.78 is 16.2. The van der Waals surface area contributed by atoms with E-state index in [2.05, 4.69) is 15.6 Å². The number of aromatic nitrogens is 2. The van der Waals surface area contributed by atoms with Crippen LogP contribution in [0.25, 0.3) is 11.0 Å². The summed E-state index contributed by atoms with van der Waals surface area (Å²) in [6.07, 6.45) is 5.83. The van der Waals surface area contributed by atoms with Gasteiger partial charge < -0.3 is 14.6 Å². The lowest BCUT2D eigenvalue weighted by Crippen LogP contribution is -2.38. The highest BCUT2D eigenvalue weighted by atomic mass is 35.5. The van der Waals surface area contributed by atoms with Crippen LogP contribution in [0.1, 0.15) is 48.9 Å². The van der Waals surface area contributed by atoms with Crippen LogP contribution >= 0.6 is 11.6 Å². The topological polar surface area (TPSA) is 75.4 Å². The molecule has 1 fully saturated rings. The molecule has 1 amide bonds. The van der Waals surface area contributed by atoms with Gasteiger partial charge in [0.25, 0.3) is 0 Å². The van der Waals surface area contributed by atoms with Crippen molar-refractivity contribution in [2.75, 3.05) is 6.54 Å².